The van der Waals surface area contributed by atoms with Crippen LogP contribution in [0.4, 0.5) is 21.0 Å². The molecular weight excluding hydrogens is 389 g/mol. The normalized spacial score (nSPS) is 24.1. The summed E-state index contributed by atoms with van der Waals surface area (Å²) in [6.07, 6.45) is -2.18. The quantitative estimate of drug-likeness (QED) is 0.775. The number of nitrogens with one attached hydrogen (secondary N) is 1. The van der Waals surface area contributed by atoms with Gasteiger partial charge in [0.15, 0.2) is 0 Å². The lowest BCUT2D eigenvalue weighted by molar-refractivity contribution is 0.122. The molecule has 0 bridgehead atoms. The number of aromatic nitrogens is 2. The number of aryl methyl sites for hydroxylation is 1. The van der Waals surface area contributed by atoms with Crippen LogP contribution in [-0.2, 0) is 11.2 Å². The minimum atomic E-state index is -1.38. The Hall–Kier alpha value is -2.94. The maximum Gasteiger partial charge on any atom is 0.407 e. The van der Waals surface area contributed by atoms with Crippen LogP contribution in [0.15, 0.2) is 36.4 Å². The molecule has 2 aliphatic heterocycles. The van der Waals surface area contributed by atoms with Crippen molar-refractivity contribution in [3.63, 3.8) is 0 Å². The number of benzene rings is 1. The lowest BCUT2D eigenvalue weighted by Crippen LogP contribution is -2.39. The number of halogens is 1. The van der Waals surface area contributed by atoms with Gasteiger partial charge in [0.05, 0.1) is 25.3 Å². The fourth-order valence-corrected chi connectivity index (χ4v) is 4.05. The smallest absolute Gasteiger partial charge is 0.407 e. The van der Waals surface area contributed by atoms with Crippen LogP contribution in [0.3, 0.4) is 0 Å². The van der Waals surface area contributed by atoms with E-state index in [1.165, 1.54) is 4.90 Å². The minimum Gasteiger partial charge on any atom is -0.465 e. The summed E-state index contributed by atoms with van der Waals surface area (Å²) < 4.78 is 20.7. The lowest BCUT2D eigenvalue weighted by Gasteiger charge is -2.28. The van der Waals surface area contributed by atoms with Gasteiger partial charge < -0.3 is 20.1 Å². The molecule has 3 atom stereocenters. The Morgan fingerprint density at radius 3 is 2.70 bits per heavy atom. The average Bonchev–Trinajstić information content (AvgIpc) is 3.05. The third-order valence-electron chi connectivity index (χ3n) is 5.57. The van der Waals surface area contributed by atoms with Crippen molar-refractivity contribution in [3.05, 3.63) is 47.7 Å². The number of carbonyl (C=O) groups is 1. The zero-order valence-electron chi connectivity index (χ0n) is 16.9. The first-order chi connectivity index (χ1) is 14.5. The molecule has 1 aromatic carbocycles. The Balaban J connectivity index is 1.51. The van der Waals surface area contributed by atoms with E-state index in [4.69, 9.17) is 4.74 Å². The Morgan fingerprint density at radius 1 is 1.27 bits per heavy atom. The molecule has 0 radical (unpaired) electrons. The van der Waals surface area contributed by atoms with Crippen molar-refractivity contribution in [1.29, 1.82) is 0 Å². The van der Waals surface area contributed by atoms with E-state index >= 15 is 4.39 Å². The molecule has 0 aliphatic carbocycles. The van der Waals surface area contributed by atoms with Crippen LogP contribution in [0.1, 0.15) is 11.3 Å². The number of hydrogen-bond donors (Lipinski definition) is 2. The van der Waals surface area contributed by atoms with Crippen LogP contribution >= 0.6 is 0 Å². The number of nitrogens with zero attached hydrogens (tertiary/aromatic N) is 4. The van der Waals surface area contributed by atoms with Crippen LogP contribution < -0.4 is 10.2 Å². The molecule has 2 aliphatic rings. The predicted octanol–water partition coefficient (Wildman–Crippen LogP) is 2.35. The summed E-state index contributed by atoms with van der Waals surface area (Å²) in [6.45, 7) is 4.64. The zero-order chi connectivity index (χ0) is 21.1. The third kappa shape index (κ3) is 4.46. The second kappa shape index (κ2) is 8.83. The van der Waals surface area contributed by atoms with Crippen molar-refractivity contribution in [3.8, 4) is 0 Å². The van der Waals surface area contributed by atoms with Gasteiger partial charge in [-0.2, -0.15) is 4.98 Å². The van der Waals surface area contributed by atoms with Crippen molar-refractivity contribution < 1.29 is 19.0 Å². The second-order valence-electron chi connectivity index (χ2n) is 7.68. The number of likely N-dealkylation sites (tertiary alicyclic amines) is 1. The van der Waals surface area contributed by atoms with Gasteiger partial charge in [-0.05, 0) is 18.9 Å². The topological polar surface area (TPSA) is 90.8 Å². The van der Waals surface area contributed by atoms with Gasteiger partial charge in [-0.25, -0.2) is 14.2 Å². The zero-order valence-corrected chi connectivity index (χ0v) is 16.9. The first-order valence-electron chi connectivity index (χ1n) is 10.1. The van der Waals surface area contributed by atoms with E-state index in [0.29, 0.717) is 25.6 Å². The van der Waals surface area contributed by atoms with Crippen LogP contribution in [0, 0.1) is 6.92 Å². The Bertz CT molecular complexity index is 878. The Labute approximate surface area is 174 Å². The van der Waals surface area contributed by atoms with E-state index in [0.717, 1.165) is 30.2 Å². The fraction of sp³-hybridized carbons (Fsp3) is 0.476. The number of carboxylic acid groups (broad SMARTS) is 1. The van der Waals surface area contributed by atoms with Crippen molar-refractivity contribution in [2.24, 2.45) is 0 Å². The van der Waals surface area contributed by atoms with Gasteiger partial charge in [-0.15, -0.1) is 0 Å². The summed E-state index contributed by atoms with van der Waals surface area (Å²) in [6, 6.07) is 9.79. The molecular formula is C21H26FN5O3. The molecule has 4 rings (SSSR count). The number of hydrogen-bond acceptors (Lipinski definition) is 6. The van der Waals surface area contributed by atoms with E-state index < -0.39 is 24.3 Å². The summed E-state index contributed by atoms with van der Waals surface area (Å²) >= 11 is 0. The minimum absolute atomic E-state index is 0.0399. The number of anilines is 2. The SMILES string of the molecule is Cc1cc(N2CCOCC2)nc(NC2CN(C(=O)O)C(Cc3ccccc3)C2F)n1. The molecule has 1 aromatic heterocycles. The number of rotatable bonds is 5. The van der Waals surface area contributed by atoms with Crippen molar-refractivity contribution >= 4 is 17.9 Å². The lowest BCUT2D eigenvalue weighted by atomic mass is 10.0. The number of ether oxygens (including phenoxy) is 1. The van der Waals surface area contributed by atoms with Gasteiger partial charge in [-0.1, -0.05) is 30.3 Å². The van der Waals surface area contributed by atoms with Crippen molar-refractivity contribution in [2.75, 3.05) is 43.1 Å². The van der Waals surface area contributed by atoms with E-state index in [2.05, 4.69) is 20.2 Å². The molecule has 8 nitrogen and oxygen atoms in total. The molecule has 3 heterocycles. The highest BCUT2D eigenvalue weighted by atomic mass is 19.1. The molecule has 9 heteroatoms. The van der Waals surface area contributed by atoms with Gasteiger partial charge in [0.2, 0.25) is 5.95 Å². The maximum atomic E-state index is 15.3. The highest BCUT2D eigenvalue weighted by Crippen LogP contribution is 2.27. The number of alkyl halides is 1. The molecule has 2 saturated heterocycles. The summed E-state index contributed by atoms with van der Waals surface area (Å²) in [7, 11) is 0. The summed E-state index contributed by atoms with van der Waals surface area (Å²) in [5.41, 5.74) is 1.66. The first-order valence-corrected chi connectivity index (χ1v) is 10.1. The predicted molar refractivity (Wildman–Crippen MR) is 111 cm³/mol. The maximum absolute atomic E-state index is 15.3. The first kappa shape index (κ1) is 20.3. The van der Waals surface area contributed by atoms with Crippen molar-refractivity contribution in [1.82, 2.24) is 14.9 Å². The Morgan fingerprint density at radius 2 is 2.00 bits per heavy atom. The van der Waals surface area contributed by atoms with Gasteiger partial charge in [0.1, 0.15) is 12.0 Å². The monoisotopic (exact) mass is 415 g/mol. The molecule has 0 spiro atoms. The second-order valence-corrected chi connectivity index (χ2v) is 7.68. The van der Waals surface area contributed by atoms with E-state index in [9.17, 15) is 9.90 Å². The molecule has 160 valence electrons. The van der Waals surface area contributed by atoms with Crippen molar-refractivity contribution in [2.45, 2.75) is 31.6 Å². The third-order valence-corrected chi connectivity index (χ3v) is 5.57. The highest BCUT2D eigenvalue weighted by molar-refractivity contribution is 5.66. The van der Waals surface area contributed by atoms with E-state index in [1.807, 2.05) is 43.3 Å². The molecule has 3 unspecified atom stereocenters. The Kier molecular flexibility index (Phi) is 5.98. The van der Waals surface area contributed by atoms with E-state index in [1.54, 1.807) is 0 Å². The molecule has 2 N–H and O–H groups in total. The van der Waals surface area contributed by atoms with Gasteiger partial charge in [-0.3, -0.25) is 4.90 Å². The van der Waals surface area contributed by atoms with Crippen LogP contribution in [-0.4, -0.2) is 77.2 Å². The van der Waals surface area contributed by atoms with Gasteiger partial charge >= 0.3 is 6.09 Å². The number of amides is 1. The molecule has 2 aromatic rings. The molecule has 30 heavy (non-hydrogen) atoms. The highest BCUT2D eigenvalue weighted by Gasteiger charge is 2.45. The van der Waals surface area contributed by atoms with Crippen LogP contribution in [0.25, 0.3) is 0 Å². The standard InChI is InChI=1S/C21H26FN5O3/c1-14-11-18(26-7-9-30-10-8-26)25-20(23-14)24-16-13-27(21(28)29)17(19(16)22)12-15-5-3-2-4-6-15/h2-6,11,16-17,19H,7-10,12-13H2,1H3,(H,28,29)(H,23,24,25). The van der Waals surface area contributed by atoms with Crippen LogP contribution in [0.2, 0.25) is 0 Å². The fourth-order valence-electron chi connectivity index (χ4n) is 4.05. The largest absolute Gasteiger partial charge is 0.465 e. The number of morpholine rings is 1. The average molecular weight is 415 g/mol. The van der Waals surface area contributed by atoms with Gasteiger partial charge in [0.25, 0.3) is 0 Å². The molecule has 0 saturated carbocycles. The van der Waals surface area contributed by atoms with Gasteiger partial charge in [0, 0.05) is 31.4 Å². The molecule has 2 fully saturated rings. The van der Waals surface area contributed by atoms with E-state index in [-0.39, 0.29) is 6.54 Å². The summed E-state index contributed by atoms with van der Waals surface area (Å²) in [4.78, 5) is 24.0. The summed E-state index contributed by atoms with van der Waals surface area (Å²) in [5.74, 6) is 1.08. The summed E-state index contributed by atoms with van der Waals surface area (Å²) in [5, 5.41) is 12.7. The molecule has 1 amide bonds. The van der Waals surface area contributed by atoms with Crippen LogP contribution in [0.5, 0.6) is 0 Å².